The van der Waals surface area contributed by atoms with Gasteiger partial charge < -0.3 is 25.8 Å². The maximum atomic E-state index is 12.8. The molecule has 38 heavy (non-hydrogen) atoms. The molecule has 2 aromatic carbocycles. The van der Waals surface area contributed by atoms with E-state index in [0.29, 0.717) is 30.2 Å². The smallest absolute Gasteiger partial charge is 0.269 e. The number of aliphatic hydroxyl groups is 1. The predicted octanol–water partition coefficient (Wildman–Crippen LogP) is 4.02. The molecule has 0 heterocycles. The summed E-state index contributed by atoms with van der Waals surface area (Å²) in [6.07, 6.45) is 1.53. The molecular weight excluding hydrogens is 492 g/mol. The van der Waals surface area contributed by atoms with Crippen LogP contribution in [-0.2, 0) is 14.4 Å². The van der Waals surface area contributed by atoms with Crippen LogP contribution in [0.3, 0.4) is 0 Å². The molecule has 206 valence electrons. The van der Waals surface area contributed by atoms with Gasteiger partial charge in [-0.3, -0.25) is 24.5 Å². The van der Waals surface area contributed by atoms with Gasteiger partial charge in [0.2, 0.25) is 17.7 Å². The van der Waals surface area contributed by atoms with E-state index < -0.39 is 41.2 Å². The second-order valence-corrected chi connectivity index (χ2v) is 9.01. The number of amides is 3. The first-order chi connectivity index (χ1) is 18.1. The minimum atomic E-state index is -1.67. The summed E-state index contributed by atoms with van der Waals surface area (Å²) in [5.41, 5.74) is 0.687. The largest absolute Gasteiger partial charge is 0.494 e. The normalized spacial score (nSPS) is 13.1. The van der Waals surface area contributed by atoms with Crippen molar-refractivity contribution in [2.24, 2.45) is 5.92 Å². The van der Waals surface area contributed by atoms with Crippen LogP contribution in [0.25, 0.3) is 0 Å². The number of anilines is 2. The Morgan fingerprint density at radius 2 is 1.55 bits per heavy atom. The summed E-state index contributed by atoms with van der Waals surface area (Å²) in [4.78, 5) is 48.1. The Kier molecular flexibility index (Phi) is 12.2. The Labute approximate surface area is 222 Å². The van der Waals surface area contributed by atoms with E-state index in [1.807, 2.05) is 6.92 Å². The number of nitrogens with one attached hydrogen (secondary N) is 3. The molecule has 0 bridgehead atoms. The summed E-state index contributed by atoms with van der Waals surface area (Å²) in [6.45, 7) is 6.33. The highest BCUT2D eigenvalue weighted by molar-refractivity contribution is 5.99. The fourth-order valence-electron chi connectivity index (χ4n) is 3.49. The first kappa shape index (κ1) is 30.2. The number of hydrogen-bond donors (Lipinski definition) is 4. The quantitative estimate of drug-likeness (QED) is 0.154. The van der Waals surface area contributed by atoms with Crippen molar-refractivity contribution >= 4 is 34.8 Å². The summed E-state index contributed by atoms with van der Waals surface area (Å²) < 4.78 is 5.64. The average molecular weight is 529 g/mol. The molecule has 0 fully saturated rings. The van der Waals surface area contributed by atoms with E-state index in [0.717, 1.165) is 19.3 Å². The highest BCUT2D eigenvalue weighted by atomic mass is 16.6. The number of nitro benzene ring substituents is 1. The number of rotatable bonds is 15. The zero-order valence-electron chi connectivity index (χ0n) is 21.9. The zero-order chi connectivity index (χ0) is 28.1. The number of hydrogen-bond acceptors (Lipinski definition) is 7. The van der Waals surface area contributed by atoms with Crippen LogP contribution in [0.4, 0.5) is 17.1 Å². The molecule has 3 amide bonds. The monoisotopic (exact) mass is 528 g/mol. The Morgan fingerprint density at radius 1 is 0.947 bits per heavy atom. The number of non-ortho nitro benzene ring substituents is 1. The topological polar surface area (TPSA) is 160 Å². The highest BCUT2D eigenvalue weighted by Gasteiger charge is 2.29. The lowest BCUT2D eigenvalue weighted by Gasteiger charge is -2.24. The number of aliphatic hydroxyl groups excluding tert-OH is 1. The summed E-state index contributed by atoms with van der Waals surface area (Å²) in [6, 6.07) is 11.1. The molecule has 0 spiro atoms. The lowest BCUT2D eigenvalue weighted by atomic mass is 9.97. The van der Waals surface area contributed by atoms with E-state index in [1.165, 1.54) is 24.3 Å². The van der Waals surface area contributed by atoms with Crippen molar-refractivity contribution in [3.63, 3.8) is 0 Å². The van der Waals surface area contributed by atoms with Crippen molar-refractivity contribution < 1.29 is 29.2 Å². The van der Waals surface area contributed by atoms with Crippen molar-refractivity contribution in [3.05, 3.63) is 58.6 Å². The average Bonchev–Trinajstić information content (AvgIpc) is 2.90. The Morgan fingerprint density at radius 3 is 2.13 bits per heavy atom. The summed E-state index contributed by atoms with van der Waals surface area (Å²) in [5, 5.41) is 28.9. The molecule has 2 rings (SSSR count). The molecule has 0 aliphatic heterocycles. The molecule has 0 saturated carbocycles. The molecule has 0 radical (unpaired) electrons. The standard InChI is InChI=1S/C27H36N4O7/c1-4-6-7-16-38-22-14-10-19(11-15-22)28-24(33)17-23(32)26(34)30-25(18(3)5-2)27(35)29-20-8-12-21(13-9-20)31(36)37/h8-15,18,23,25,32H,4-7,16-17H2,1-3H3,(H,28,33)(H,29,35)(H,30,34). The first-order valence-electron chi connectivity index (χ1n) is 12.7. The fourth-order valence-corrected chi connectivity index (χ4v) is 3.49. The molecule has 0 saturated heterocycles. The Bertz CT molecular complexity index is 1070. The second kappa shape index (κ2) is 15.3. The van der Waals surface area contributed by atoms with Gasteiger partial charge in [0.25, 0.3) is 5.69 Å². The molecule has 11 heteroatoms. The van der Waals surface area contributed by atoms with E-state index in [4.69, 9.17) is 4.74 Å². The summed E-state index contributed by atoms with van der Waals surface area (Å²) >= 11 is 0. The van der Waals surface area contributed by atoms with Gasteiger partial charge >= 0.3 is 0 Å². The van der Waals surface area contributed by atoms with Gasteiger partial charge in [0, 0.05) is 23.5 Å². The molecule has 11 nitrogen and oxygen atoms in total. The van der Waals surface area contributed by atoms with Gasteiger partial charge in [-0.15, -0.1) is 0 Å². The number of carbonyl (C=O) groups excluding carboxylic acids is 3. The third kappa shape index (κ3) is 9.81. The van der Waals surface area contributed by atoms with Crippen molar-refractivity contribution in [2.75, 3.05) is 17.2 Å². The van der Waals surface area contributed by atoms with Crippen LogP contribution >= 0.6 is 0 Å². The van der Waals surface area contributed by atoms with Crippen molar-refractivity contribution in [3.8, 4) is 5.75 Å². The third-order valence-corrected chi connectivity index (χ3v) is 5.97. The van der Waals surface area contributed by atoms with Crippen LogP contribution in [0.2, 0.25) is 0 Å². The highest BCUT2D eigenvalue weighted by Crippen LogP contribution is 2.18. The SMILES string of the molecule is CCCCCOc1ccc(NC(=O)CC(O)C(=O)NC(C(=O)Nc2ccc([N+](=O)[O-])cc2)C(C)CC)cc1. The molecule has 0 aromatic heterocycles. The number of unbranched alkanes of at least 4 members (excludes halogenated alkanes) is 2. The Balaban J connectivity index is 1.90. The van der Waals surface area contributed by atoms with E-state index in [9.17, 15) is 29.6 Å². The zero-order valence-corrected chi connectivity index (χ0v) is 21.9. The van der Waals surface area contributed by atoms with Crippen molar-refractivity contribution in [2.45, 2.75) is 65.0 Å². The number of carbonyl (C=O) groups is 3. The molecule has 2 aromatic rings. The minimum absolute atomic E-state index is 0.122. The van der Waals surface area contributed by atoms with Gasteiger partial charge in [-0.25, -0.2) is 0 Å². The van der Waals surface area contributed by atoms with Gasteiger partial charge in [0.15, 0.2) is 0 Å². The van der Waals surface area contributed by atoms with Crippen LogP contribution in [0.5, 0.6) is 5.75 Å². The van der Waals surface area contributed by atoms with Crippen LogP contribution in [-0.4, -0.2) is 46.5 Å². The number of nitro groups is 1. The van der Waals surface area contributed by atoms with E-state index >= 15 is 0 Å². The van der Waals surface area contributed by atoms with Crippen LogP contribution < -0.4 is 20.7 Å². The van der Waals surface area contributed by atoms with Crippen LogP contribution in [0, 0.1) is 16.0 Å². The van der Waals surface area contributed by atoms with Crippen molar-refractivity contribution in [1.82, 2.24) is 5.32 Å². The molecule has 3 atom stereocenters. The van der Waals surface area contributed by atoms with E-state index in [1.54, 1.807) is 31.2 Å². The first-order valence-corrected chi connectivity index (χ1v) is 12.7. The van der Waals surface area contributed by atoms with Gasteiger partial charge in [0.1, 0.15) is 17.9 Å². The van der Waals surface area contributed by atoms with Gasteiger partial charge in [-0.05, 0) is 48.7 Å². The minimum Gasteiger partial charge on any atom is -0.494 e. The summed E-state index contributed by atoms with van der Waals surface area (Å²) in [5.74, 6) is -1.59. The van der Waals surface area contributed by atoms with Crippen molar-refractivity contribution in [1.29, 1.82) is 0 Å². The number of ether oxygens (including phenoxy) is 1. The maximum Gasteiger partial charge on any atom is 0.269 e. The molecule has 4 N–H and O–H groups in total. The summed E-state index contributed by atoms with van der Waals surface area (Å²) in [7, 11) is 0. The van der Waals surface area contributed by atoms with Crippen LogP contribution in [0.15, 0.2) is 48.5 Å². The predicted molar refractivity (Wildman–Crippen MR) is 144 cm³/mol. The van der Waals surface area contributed by atoms with Gasteiger partial charge in [-0.1, -0.05) is 40.0 Å². The Hall–Kier alpha value is -3.99. The maximum absolute atomic E-state index is 12.8. The third-order valence-electron chi connectivity index (χ3n) is 5.97. The molecule has 3 unspecified atom stereocenters. The second-order valence-electron chi connectivity index (χ2n) is 9.01. The molecular formula is C27H36N4O7. The molecule has 0 aliphatic rings. The number of benzene rings is 2. The lowest BCUT2D eigenvalue weighted by molar-refractivity contribution is -0.384. The van der Waals surface area contributed by atoms with Gasteiger partial charge in [-0.2, -0.15) is 0 Å². The fraction of sp³-hybridized carbons (Fsp3) is 0.444. The van der Waals surface area contributed by atoms with Gasteiger partial charge in [0.05, 0.1) is 18.0 Å². The molecule has 0 aliphatic carbocycles. The van der Waals surface area contributed by atoms with E-state index in [-0.39, 0.29) is 11.6 Å². The van der Waals surface area contributed by atoms with Crippen LogP contribution in [0.1, 0.15) is 52.9 Å². The lowest BCUT2D eigenvalue weighted by Crippen LogP contribution is -2.51. The number of nitrogens with zero attached hydrogens (tertiary/aromatic N) is 1. The van der Waals surface area contributed by atoms with E-state index in [2.05, 4.69) is 22.9 Å².